The highest BCUT2D eigenvalue weighted by molar-refractivity contribution is 7.99. The first kappa shape index (κ1) is 45.4. The minimum Gasteiger partial charge on any atom is -0.494 e. The average Bonchev–Trinajstić information content (AvgIpc) is 3.63. The van der Waals surface area contributed by atoms with Crippen LogP contribution in [0, 0.1) is 5.82 Å². The maximum Gasteiger partial charge on any atom is 0.255 e. The van der Waals surface area contributed by atoms with Gasteiger partial charge in [0.2, 0.25) is 17.7 Å². The van der Waals surface area contributed by atoms with Crippen molar-refractivity contribution in [3.05, 3.63) is 89.0 Å². The third kappa shape index (κ3) is 11.0. The first-order valence-corrected chi connectivity index (χ1v) is 23.6. The Bertz CT molecular complexity index is 2390. The highest BCUT2D eigenvalue weighted by Crippen LogP contribution is 2.36. The lowest BCUT2D eigenvalue weighted by atomic mass is 10.0. The van der Waals surface area contributed by atoms with Gasteiger partial charge in [0, 0.05) is 85.4 Å². The number of anilines is 3. The number of piperidine rings is 2. The maximum absolute atomic E-state index is 13.7. The smallest absolute Gasteiger partial charge is 0.255 e. The molecular weight excluding hydrogens is 857 g/mol. The van der Waals surface area contributed by atoms with E-state index in [4.69, 9.17) is 16.3 Å². The number of imide groups is 1. The van der Waals surface area contributed by atoms with Crippen LogP contribution in [0.4, 0.5) is 21.6 Å². The van der Waals surface area contributed by atoms with Crippen LogP contribution in [0.2, 0.25) is 5.02 Å². The van der Waals surface area contributed by atoms with Gasteiger partial charge in [0.25, 0.3) is 5.91 Å². The van der Waals surface area contributed by atoms with Gasteiger partial charge in [0.05, 0.1) is 23.3 Å². The number of hydrogen-bond acceptors (Lipinski definition) is 12. The van der Waals surface area contributed by atoms with Gasteiger partial charge in [-0.25, -0.2) is 14.4 Å². The molecular formula is C47H55ClFN9O5S. The number of fused-ring (bicyclic) bond motifs is 2. The van der Waals surface area contributed by atoms with Crippen molar-refractivity contribution in [3.63, 3.8) is 0 Å². The van der Waals surface area contributed by atoms with Gasteiger partial charge in [-0.2, -0.15) is 0 Å². The Morgan fingerprint density at radius 1 is 0.969 bits per heavy atom. The number of unbranched alkanes of at least 4 members (excludes halogenated alkanes) is 3. The minimum atomic E-state index is -0.590. The maximum atomic E-state index is 13.7. The fourth-order valence-corrected chi connectivity index (χ4v) is 10.4. The topological polar surface area (TPSA) is 152 Å². The van der Waals surface area contributed by atoms with E-state index in [-0.39, 0.29) is 35.1 Å². The van der Waals surface area contributed by atoms with Crippen LogP contribution in [0.5, 0.6) is 5.75 Å². The molecule has 3 fully saturated rings. The predicted octanol–water partition coefficient (Wildman–Crippen LogP) is 6.86. The van der Waals surface area contributed by atoms with Crippen molar-refractivity contribution in [2.75, 3.05) is 75.9 Å². The summed E-state index contributed by atoms with van der Waals surface area (Å²) in [4.78, 5) is 69.4. The molecule has 3 saturated heterocycles. The molecule has 14 nitrogen and oxygen atoms in total. The largest absolute Gasteiger partial charge is 0.494 e. The summed E-state index contributed by atoms with van der Waals surface area (Å²) in [6.45, 7) is 8.67. The van der Waals surface area contributed by atoms with Crippen LogP contribution in [0.15, 0.2) is 71.9 Å². The van der Waals surface area contributed by atoms with Crippen LogP contribution in [0.1, 0.15) is 67.3 Å². The third-order valence-electron chi connectivity index (χ3n) is 12.7. The van der Waals surface area contributed by atoms with Crippen LogP contribution in [-0.2, 0) is 20.9 Å². The molecule has 0 spiro atoms. The van der Waals surface area contributed by atoms with Crippen LogP contribution >= 0.6 is 23.4 Å². The van der Waals surface area contributed by atoms with Crippen molar-refractivity contribution in [2.45, 2.75) is 74.9 Å². The lowest BCUT2D eigenvalue weighted by Gasteiger charge is -2.42. The lowest BCUT2D eigenvalue weighted by molar-refractivity contribution is -0.137. The number of nitrogens with one attached hydrogen (secondary N) is 3. The fourth-order valence-electron chi connectivity index (χ4n) is 9.13. The lowest BCUT2D eigenvalue weighted by Crippen LogP contribution is -2.53. The quantitative estimate of drug-likeness (QED) is 0.0439. The van der Waals surface area contributed by atoms with Crippen molar-refractivity contribution < 1.29 is 28.3 Å². The van der Waals surface area contributed by atoms with E-state index in [9.17, 15) is 23.6 Å². The van der Waals surface area contributed by atoms with E-state index >= 15 is 0 Å². The van der Waals surface area contributed by atoms with Gasteiger partial charge in [0.1, 0.15) is 29.8 Å². The Labute approximate surface area is 382 Å². The summed E-state index contributed by atoms with van der Waals surface area (Å²) in [6, 6.07) is 13.7. The zero-order valence-corrected chi connectivity index (χ0v) is 37.7. The van der Waals surface area contributed by atoms with Gasteiger partial charge < -0.3 is 25.2 Å². The van der Waals surface area contributed by atoms with E-state index in [1.807, 2.05) is 18.2 Å². The number of carbonyl (C=O) groups is 4. The predicted molar refractivity (Wildman–Crippen MR) is 248 cm³/mol. The first-order valence-electron chi connectivity index (χ1n) is 22.2. The number of benzene rings is 3. The van der Waals surface area contributed by atoms with E-state index in [0.717, 1.165) is 81.3 Å². The number of nitrogens with zero attached hydrogens (tertiary/aromatic N) is 6. The van der Waals surface area contributed by atoms with Gasteiger partial charge in [0.15, 0.2) is 0 Å². The standard InChI is InChI=1S/C47H55ClFN9O5S/c1-63-41-28-38-34(45(51-30-50-38)52-31-11-12-37(49)36(48)26-31)27-39(41)53-43(59)10-7-18-55-19-15-32(16-20-55)57-23-21-56(22-24-57)17-4-2-3-5-25-64-42-9-6-8-33-35(42)29-58(47(33)62)40-13-14-44(60)54-46(40)61/h6-12,26-28,30,32,40H,2-5,13-25,29H2,1H3,(H,53,59)(H,50,51,52)(H,54,60,61)/b10-7+. The molecule has 0 radical (unpaired) electrons. The molecule has 4 aliphatic rings. The second-order valence-corrected chi connectivity index (χ2v) is 18.3. The van der Waals surface area contributed by atoms with Crippen molar-refractivity contribution in [1.29, 1.82) is 0 Å². The minimum absolute atomic E-state index is 0.00841. The van der Waals surface area contributed by atoms with Crippen molar-refractivity contribution in [2.24, 2.45) is 0 Å². The summed E-state index contributed by atoms with van der Waals surface area (Å²) < 4.78 is 19.3. The Kier molecular flexibility index (Phi) is 15.1. The van der Waals surface area contributed by atoms with E-state index in [1.54, 1.807) is 40.9 Å². The first-order chi connectivity index (χ1) is 31.1. The fraction of sp³-hybridized carbons (Fsp3) is 0.447. The molecule has 0 bridgehead atoms. The van der Waals surface area contributed by atoms with E-state index in [0.29, 0.717) is 65.0 Å². The molecule has 3 aromatic carbocycles. The molecule has 8 rings (SSSR count). The number of thioether (sulfide) groups is 1. The van der Waals surface area contributed by atoms with Crippen LogP contribution < -0.4 is 20.7 Å². The Morgan fingerprint density at radius 2 is 1.78 bits per heavy atom. The van der Waals surface area contributed by atoms with Gasteiger partial charge >= 0.3 is 0 Å². The van der Waals surface area contributed by atoms with Crippen molar-refractivity contribution >= 4 is 75.1 Å². The molecule has 5 heterocycles. The second kappa shape index (κ2) is 21.2. The van der Waals surface area contributed by atoms with Crippen LogP contribution in [0.3, 0.4) is 0 Å². The summed E-state index contributed by atoms with van der Waals surface area (Å²) in [5, 5.41) is 9.12. The van der Waals surface area contributed by atoms with Gasteiger partial charge in [-0.1, -0.05) is 36.6 Å². The number of methoxy groups -OCH3 is 1. The van der Waals surface area contributed by atoms with Crippen LogP contribution in [-0.4, -0.2) is 131 Å². The Morgan fingerprint density at radius 3 is 2.56 bits per heavy atom. The molecule has 4 aromatic rings. The zero-order valence-electron chi connectivity index (χ0n) is 36.1. The third-order valence-corrected chi connectivity index (χ3v) is 14.2. The summed E-state index contributed by atoms with van der Waals surface area (Å²) in [5.41, 5.74) is 3.32. The highest BCUT2D eigenvalue weighted by Gasteiger charge is 2.40. The number of rotatable bonds is 17. The summed E-state index contributed by atoms with van der Waals surface area (Å²) in [5.74, 6) is 0.371. The summed E-state index contributed by atoms with van der Waals surface area (Å²) in [6.07, 6.45) is 12.4. The molecule has 4 amide bonds. The molecule has 1 aromatic heterocycles. The van der Waals surface area contributed by atoms with E-state index in [1.165, 1.54) is 44.8 Å². The molecule has 1 unspecified atom stereocenters. The van der Waals surface area contributed by atoms with Gasteiger partial charge in [-0.15, -0.1) is 11.8 Å². The van der Waals surface area contributed by atoms with E-state index < -0.39 is 11.9 Å². The highest BCUT2D eigenvalue weighted by atomic mass is 35.5. The molecule has 17 heteroatoms. The Hall–Kier alpha value is -5.13. The summed E-state index contributed by atoms with van der Waals surface area (Å²) >= 11 is 7.77. The number of aromatic nitrogens is 2. The molecule has 1 atom stereocenters. The molecule has 64 heavy (non-hydrogen) atoms. The van der Waals surface area contributed by atoms with Gasteiger partial charge in [-0.3, -0.25) is 34.3 Å². The van der Waals surface area contributed by atoms with Crippen molar-refractivity contribution in [1.82, 2.24) is 34.9 Å². The van der Waals surface area contributed by atoms with Crippen molar-refractivity contribution in [3.8, 4) is 5.75 Å². The average molecular weight is 913 g/mol. The number of amides is 4. The molecule has 0 aliphatic carbocycles. The second-order valence-electron chi connectivity index (χ2n) is 16.8. The van der Waals surface area contributed by atoms with E-state index in [2.05, 4.69) is 46.7 Å². The molecule has 0 saturated carbocycles. The number of ether oxygens (including phenoxy) is 1. The Balaban J connectivity index is 0.701. The van der Waals surface area contributed by atoms with Gasteiger partial charge in [-0.05, 0) is 99.5 Å². The number of hydrogen-bond donors (Lipinski definition) is 3. The SMILES string of the molecule is COc1cc2ncnc(Nc3ccc(F)c(Cl)c3)c2cc1NC(=O)/C=C/CN1CCC(N2CCN(CCCCCCSc3cccc4c3CN(C3CCC(=O)NC3=O)C4=O)CC2)CC1. The molecule has 338 valence electrons. The number of piperazine rings is 1. The normalized spacial score (nSPS) is 19.1. The number of likely N-dealkylation sites (tertiary alicyclic amines) is 1. The molecule has 3 N–H and O–H groups in total. The number of carbonyl (C=O) groups excluding carboxylic acids is 4. The summed E-state index contributed by atoms with van der Waals surface area (Å²) in [7, 11) is 1.54. The molecule has 4 aliphatic heterocycles. The number of halogens is 2. The van der Waals surface area contributed by atoms with Crippen LogP contribution in [0.25, 0.3) is 10.9 Å². The zero-order chi connectivity index (χ0) is 44.6. The monoisotopic (exact) mass is 911 g/mol.